The molecule has 1 saturated heterocycles. The highest BCUT2D eigenvalue weighted by molar-refractivity contribution is 7.97. The number of hydrogen-bond acceptors (Lipinski definition) is 4. The molecule has 1 N–H and O–H groups in total. The SMILES string of the molecule is CCSNC1C(F)CN(C)C1Cc1cccc(-c2ccccc2)c1F.O=CC1CC1. The molecule has 2 aromatic rings. The standard InChI is InChI=1S/C20H24F2N2S.C4H6O/c1-3-25-23-20-17(21)13-24(2)18(20)12-15-10-7-11-16(19(15)22)14-8-5-4-6-9-14;5-3-4-1-2-4/h4-11,17-18,20,23H,3,12-13H2,1-2H3;3-4H,1-2H2. The minimum Gasteiger partial charge on any atom is -0.303 e. The second kappa shape index (κ2) is 11.0. The van der Waals surface area contributed by atoms with E-state index < -0.39 is 6.17 Å². The zero-order valence-corrected chi connectivity index (χ0v) is 18.4. The Hall–Kier alpha value is -1.76. The van der Waals surface area contributed by atoms with Crippen molar-refractivity contribution in [2.24, 2.45) is 5.92 Å². The third-order valence-electron chi connectivity index (χ3n) is 5.60. The van der Waals surface area contributed by atoms with Gasteiger partial charge in [-0.3, -0.25) is 9.62 Å². The summed E-state index contributed by atoms with van der Waals surface area (Å²) in [6.45, 7) is 2.41. The number of hydrogen-bond donors (Lipinski definition) is 1. The molecule has 2 fully saturated rings. The molecule has 0 spiro atoms. The molecule has 1 saturated carbocycles. The molecule has 4 rings (SSSR count). The van der Waals surface area contributed by atoms with Gasteiger partial charge in [0.15, 0.2) is 0 Å². The van der Waals surface area contributed by atoms with Crippen LogP contribution in [0.1, 0.15) is 25.3 Å². The third-order valence-corrected chi connectivity index (χ3v) is 6.33. The molecule has 0 radical (unpaired) electrons. The summed E-state index contributed by atoms with van der Waals surface area (Å²) in [5.41, 5.74) is 2.10. The highest BCUT2D eigenvalue weighted by Gasteiger charge is 2.40. The average Bonchev–Trinajstić information content (AvgIpc) is 3.56. The van der Waals surface area contributed by atoms with Crippen molar-refractivity contribution in [3.8, 4) is 11.1 Å². The van der Waals surface area contributed by atoms with Crippen LogP contribution in [-0.2, 0) is 11.2 Å². The van der Waals surface area contributed by atoms with Gasteiger partial charge in [0.2, 0.25) is 0 Å². The Labute approximate surface area is 182 Å². The quantitative estimate of drug-likeness (QED) is 0.498. The number of alkyl halides is 1. The van der Waals surface area contributed by atoms with Crippen molar-refractivity contribution < 1.29 is 13.6 Å². The Kier molecular flexibility index (Phi) is 8.42. The summed E-state index contributed by atoms with van der Waals surface area (Å²) in [6, 6.07) is 14.7. The van der Waals surface area contributed by atoms with Crippen molar-refractivity contribution in [1.82, 2.24) is 9.62 Å². The maximum Gasteiger partial charge on any atom is 0.134 e. The topological polar surface area (TPSA) is 32.3 Å². The van der Waals surface area contributed by atoms with E-state index in [1.807, 2.05) is 61.3 Å². The van der Waals surface area contributed by atoms with Gasteiger partial charge in [-0.25, -0.2) is 8.78 Å². The first-order valence-electron chi connectivity index (χ1n) is 10.5. The molecule has 2 aliphatic rings. The number of halogens is 2. The molecular formula is C24H30F2N2OS. The zero-order valence-electron chi connectivity index (χ0n) is 17.6. The van der Waals surface area contributed by atoms with Crippen LogP contribution in [0.5, 0.6) is 0 Å². The van der Waals surface area contributed by atoms with Gasteiger partial charge in [-0.05, 0) is 37.4 Å². The van der Waals surface area contributed by atoms with Gasteiger partial charge in [0.25, 0.3) is 0 Å². The molecule has 30 heavy (non-hydrogen) atoms. The third kappa shape index (κ3) is 5.90. The molecular weight excluding hydrogens is 402 g/mol. The largest absolute Gasteiger partial charge is 0.303 e. The van der Waals surface area contributed by atoms with E-state index in [-0.39, 0.29) is 17.9 Å². The second-order valence-electron chi connectivity index (χ2n) is 7.92. The van der Waals surface area contributed by atoms with E-state index >= 15 is 4.39 Å². The molecule has 0 aromatic heterocycles. The van der Waals surface area contributed by atoms with Gasteiger partial charge >= 0.3 is 0 Å². The fraction of sp³-hybridized carbons (Fsp3) is 0.458. The summed E-state index contributed by atoms with van der Waals surface area (Å²) >= 11 is 1.52. The monoisotopic (exact) mass is 432 g/mol. The van der Waals surface area contributed by atoms with Gasteiger partial charge in [-0.15, -0.1) is 0 Å². The molecule has 6 heteroatoms. The van der Waals surface area contributed by atoms with Crippen molar-refractivity contribution in [1.29, 1.82) is 0 Å². The van der Waals surface area contributed by atoms with Gasteiger partial charge < -0.3 is 4.79 Å². The van der Waals surface area contributed by atoms with E-state index in [0.29, 0.717) is 30.0 Å². The fourth-order valence-electron chi connectivity index (χ4n) is 3.69. The predicted octanol–water partition coefficient (Wildman–Crippen LogP) is 4.91. The highest BCUT2D eigenvalue weighted by Crippen LogP contribution is 2.29. The van der Waals surface area contributed by atoms with Crippen LogP contribution in [0.15, 0.2) is 48.5 Å². The first-order valence-corrected chi connectivity index (χ1v) is 11.5. The average molecular weight is 433 g/mol. The smallest absolute Gasteiger partial charge is 0.134 e. The Morgan fingerprint density at radius 2 is 1.90 bits per heavy atom. The first kappa shape index (κ1) is 22.9. The summed E-state index contributed by atoms with van der Waals surface area (Å²) in [4.78, 5) is 11.6. The minimum atomic E-state index is -0.936. The molecule has 1 heterocycles. The Balaban J connectivity index is 0.000000448. The summed E-state index contributed by atoms with van der Waals surface area (Å²) in [6.07, 6.45) is 2.87. The summed E-state index contributed by atoms with van der Waals surface area (Å²) in [5.74, 6) is 1.12. The minimum absolute atomic E-state index is 0.0606. The summed E-state index contributed by atoms with van der Waals surface area (Å²) in [7, 11) is 1.91. The van der Waals surface area contributed by atoms with E-state index in [0.717, 1.165) is 30.4 Å². The normalized spacial score (nSPS) is 23.7. The first-order chi connectivity index (χ1) is 14.5. The molecule has 162 valence electrons. The Morgan fingerprint density at radius 3 is 2.50 bits per heavy atom. The predicted molar refractivity (Wildman–Crippen MR) is 121 cm³/mol. The van der Waals surface area contributed by atoms with Crippen molar-refractivity contribution in [3.63, 3.8) is 0 Å². The summed E-state index contributed by atoms with van der Waals surface area (Å²) < 4.78 is 32.7. The van der Waals surface area contributed by atoms with E-state index in [1.54, 1.807) is 6.07 Å². The lowest BCUT2D eigenvalue weighted by molar-refractivity contribution is -0.108. The van der Waals surface area contributed by atoms with Crippen LogP contribution in [-0.4, -0.2) is 48.8 Å². The van der Waals surface area contributed by atoms with Crippen LogP contribution >= 0.6 is 11.9 Å². The molecule has 3 atom stereocenters. The lowest BCUT2D eigenvalue weighted by Gasteiger charge is -2.26. The fourth-order valence-corrected chi connectivity index (χ4v) is 4.35. The highest BCUT2D eigenvalue weighted by atomic mass is 32.2. The zero-order chi connectivity index (χ0) is 21.5. The van der Waals surface area contributed by atoms with Crippen molar-refractivity contribution in [2.45, 2.75) is 44.4 Å². The van der Waals surface area contributed by atoms with Gasteiger partial charge in [0, 0.05) is 29.8 Å². The molecule has 0 bridgehead atoms. The van der Waals surface area contributed by atoms with Crippen LogP contribution in [0.4, 0.5) is 8.78 Å². The van der Waals surface area contributed by atoms with Crippen LogP contribution < -0.4 is 4.72 Å². The lowest BCUT2D eigenvalue weighted by atomic mass is 9.96. The Bertz CT molecular complexity index is 816. The molecule has 1 aliphatic heterocycles. The molecule has 3 unspecified atom stereocenters. The molecule has 0 amide bonds. The van der Waals surface area contributed by atoms with Crippen LogP contribution in [0.25, 0.3) is 11.1 Å². The number of carbonyl (C=O) groups is 1. The number of aldehydes is 1. The van der Waals surface area contributed by atoms with Crippen LogP contribution in [0, 0.1) is 11.7 Å². The van der Waals surface area contributed by atoms with Crippen LogP contribution in [0.3, 0.4) is 0 Å². The number of likely N-dealkylation sites (N-methyl/N-ethyl adjacent to an activating group) is 1. The summed E-state index contributed by atoms with van der Waals surface area (Å²) in [5, 5.41) is 0. The van der Waals surface area contributed by atoms with Crippen molar-refractivity contribution in [2.75, 3.05) is 19.3 Å². The number of nitrogens with zero attached hydrogens (tertiary/aromatic N) is 1. The number of likely N-dealkylation sites (tertiary alicyclic amines) is 1. The van der Waals surface area contributed by atoms with Gasteiger partial charge in [0.05, 0.1) is 6.04 Å². The van der Waals surface area contributed by atoms with Crippen molar-refractivity contribution in [3.05, 3.63) is 59.9 Å². The molecule has 2 aromatic carbocycles. The van der Waals surface area contributed by atoms with Crippen molar-refractivity contribution >= 4 is 18.2 Å². The van der Waals surface area contributed by atoms with Crippen LogP contribution in [0.2, 0.25) is 0 Å². The maximum atomic E-state index is 15.1. The Morgan fingerprint density at radius 1 is 1.17 bits per heavy atom. The van der Waals surface area contributed by atoms with Gasteiger partial charge in [-0.2, -0.15) is 0 Å². The van der Waals surface area contributed by atoms with E-state index in [9.17, 15) is 9.18 Å². The number of rotatable bonds is 7. The van der Waals surface area contributed by atoms with E-state index in [1.165, 1.54) is 11.9 Å². The number of carbonyl (C=O) groups excluding carboxylic acids is 1. The second-order valence-corrected chi connectivity index (χ2v) is 9.02. The lowest BCUT2D eigenvalue weighted by Crippen LogP contribution is -2.43. The van der Waals surface area contributed by atoms with E-state index in [2.05, 4.69) is 4.72 Å². The molecule has 1 aliphatic carbocycles. The van der Waals surface area contributed by atoms with E-state index in [4.69, 9.17) is 0 Å². The van der Waals surface area contributed by atoms with Gasteiger partial charge in [0.1, 0.15) is 18.3 Å². The maximum absolute atomic E-state index is 15.1. The number of benzene rings is 2. The molecule has 3 nitrogen and oxygen atoms in total. The number of nitrogens with one attached hydrogen (secondary N) is 1. The van der Waals surface area contributed by atoms with Gasteiger partial charge in [-0.1, -0.05) is 67.4 Å².